The number of rotatable bonds is 6. The van der Waals surface area contributed by atoms with E-state index in [9.17, 15) is 10.1 Å². The fraction of sp³-hybridized carbons (Fsp3) is 0.231. The topological polar surface area (TPSA) is 68.3 Å². The molecule has 6 heteroatoms. The molecule has 1 N–H and O–H groups in total. The summed E-state index contributed by atoms with van der Waals surface area (Å²) in [7, 11) is 0. The number of furan rings is 1. The molecule has 0 radical (unpaired) electrons. The lowest BCUT2D eigenvalue weighted by atomic mass is 10.2. The van der Waals surface area contributed by atoms with Crippen molar-refractivity contribution in [3.05, 3.63) is 62.5 Å². The van der Waals surface area contributed by atoms with Crippen LogP contribution in [0, 0.1) is 10.1 Å². The third-order valence-corrected chi connectivity index (χ3v) is 3.43. The number of nitro benzene ring substituents is 1. The highest BCUT2D eigenvalue weighted by molar-refractivity contribution is 9.10. The highest BCUT2D eigenvalue weighted by atomic mass is 79.9. The van der Waals surface area contributed by atoms with Crippen molar-refractivity contribution in [2.24, 2.45) is 0 Å². The SMILES string of the molecule is O=[N+]([O-])c1ccc(CNCCc2ccco2)c(Br)c1. The Kier molecular flexibility index (Phi) is 4.70. The molecule has 0 atom stereocenters. The summed E-state index contributed by atoms with van der Waals surface area (Å²) >= 11 is 3.34. The summed E-state index contributed by atoms with van der Waals surface area (Å²) in [6, 6.07) is 8.58. The second-order valence-electron chi connectivity index (χ2n) is 4.04. The lowest BCUT2D eigenvalue weighted by Crippen LogP contribution is -2.16. The molecular formula is C13H13BrN2O3. The molecule has 1 heterocycles. The van der Waals surface area contributed by atoms with Gasteiger partial charge in [0.2, 0.25) is 0 Å². The Hall–Kier alpha value is -1.66. The van der Waals surface area contributed by atoms with Gasteiger partial charge < -0.3 is 9.73 Å². The van der Waals surface area contributed by atoms with Crippen LogP contribution in [-0.4, -0.2) is 11.5 Å². The van der Waals surface area contributed by atoms with E-state index in [0.29, 0.717) is 6.54 Å². The molecule has 0 aliphatic carbocycles. The van der Waals surface area contributed by atoms with E-state index >= 15 is 0 Å². The fourth-order valence-electron chi connectivity index (χ4n) is 1.68. The summed E-state index contributed by atoms with van der Waals surface area (Å²) in [4.78, 5) is 10.2. The molecule has 1 aromatic carbocycles. The highest BCUT2D eigenvalue weighted by Crippen LogP contribution is 2.22. The predicted octanol–water partition coefficient (Wildman–Crippen LogP) is 3.28. The summed E-state index contributed by atoms with van der Waals surface area (Å²) in [5.74, 6) is 0.940. The van der Waals surface area contributed by atoms with E-state index in [1.54, 1.807) is 12.3 Å². The minimum absolute atomic E-state index is 0.0891. The van der Waals surface area contributed by atoms with Crippen LogP contribution in [0.2, 0.25) is 0 Å². The van der Waals surface area contributed by atoms with Gasteiger partial charge in [0.1, 0.15) is 5.76 Å². The molecule has 1 aromatic heterocycles. The Morgan fingerprint density at radius 3 is 2.84 bits per heavy atom. The van der Waals surface area contributed by atoms with Crippen LogP contribution in [0.3, 0.4) is 0 Å². The van der Waals surface area contributed by atoms with E-state index in [2.05, 4.69) is 21.2 Å². The molecule has 5 nitrogen and oxygen atoms in total. The van der Waals surface area contributed by atoms with Crippen LogP contribution in [0.15, 0.2) is 45.5 Å². The molecule has 0 fully saturated rings. The van der Waals surface area contributed by atoms with Gasteiger partial charge in [0.25, 0.3) is 5.69 Å². The first-order valence-electron chi connectivity index (χ1n) is 5.83. The first kappa shape index (κ1) is 13.8. The zero-order valence-electron chi connectivity index (χ0n) is 10.1. The van der Waals surface area contributed by atoms with Crippen molar-refractivity contribution in [2.75, 3.05) is 6.54 Å². The van der Waals surface area contributed by atoms with E-state index in [4.69, 9.17) is 4.42 Å². The Morgan fingerprint density at radius 1 is 1.37 bits per heavy atom. The molecule has 0 amide bonds. The third-order valence-electron chi connectivity index (χ3n) is 2.69. The first-order valence-corrected chi connectivity index (χ1v) is 6.62. The van der Waals surface area contributed by atoms with Crippen LogP contribution in [-0.2, 0) is 13.0 Å². The second kappa shape index (κ2) is 6.49. The van der Waals surface area contributed by atoms with Gasteiger partial charge in [-0.15, -0.1) is 0 Å². The van der Waals surface area contributed by atoms with E-state index < -0.39 is 4.92 Å². The van der Waals surface area contributed by atoms with Gasteiger partial charge in [-0.1, -0.05) is 15.9 Å². The zero-order chi connectivity index (χ0) is 13.7. The first-order chi connectivity index (χ1) is 9.16. The van der Waals surface area contributed by atoms with Gasteiger partial charge in [-0.2, -0.15) is 0 Å². The highest BCUT2D eigenvalue weighted by Gasteiger charge is 2.08. The van der Waals surface area contributed by atoms with Gasteiger partial charge in [-0.05, 0) is 23.8 Å². The van der Waals surface area contributed by atoms with Gasteiger partial charge in [-0.25, -0.2) is 0 Å². The number of hydrogen-bond donors (Lipinski definition) is 1. The normalized spacial score (nSPS) is 10.6. The molecule has 2 aromatic rings. The fourth-order valence-corrected chi connectivity index (χ4v) is 2.19. The largest absolute Gasteiger partial charge is 0.469 e. The van der Waals surface area contributed by atoms with Gasteiger partial charge >= 0.3 is 0 Å². The Balaban J connectivity index is 1.84. The van der Waals surface area contributed by atoms with Crippen molar-refractivity contribution in [3.8, 4) is 0 Å². The van der Waals surface area contributed by atoms with Crippen molar-refractivity contribution in [2.45, 2.75) is 13.0 Å². The zero-order valence-corrected chi connectivity index (χ0v) is 11.7. The standard InChI is InChI=1S/C13H13BrN2O3/c14-13-8-11(16(17)18)4-3-10(13)9-15-6-5-12-2-1-7-19-12/h1-4,7-8,15H,5-6,9H2. The van der Waals surface area contributed by atoms with Crippen molar-refractivity contribution in [1.29, 1.82) is 0 Å². The molecule has 0 saturated heterocycles. The minimum atomic E-state index is -0.404. The molecule has 19 heavy (non-hydrogen) atoms. The van der Waals surface area contributed by atoms with Crippen molar-refractivity contribution < 1.29 is 9.34 Å². The molecule has 0 aliphatic rings. The predicted molar refractivity (Wildman–Crippen MR) is 74.9 cm³/mol. The summed E-state index contributed by atoms with van der Waals surface area (Å²) in [5.41, 5.74) is 1.08. The van der Waals surface area contributed by atoms with Gasteiger partial charge in [0.15, 0.2) is 0 Å². The number of nitrogens with zero attached hydrogens (tertiary/aromatic N) is 1. The quantitative estimate of drug-likeness (QED) is 0.503. The van der Waals surface area contributed by atoms with Gasteiger partial charge in [-0.3, -0.25) is 10.1 Å². The smallest absolute Gasteiger partial charge is 0.270 e. The molecule has 0 saturated carbocycles. The third kappa shape index (κ3) is 3.90. The van der Waals surface area contributed by atoms with E-state index in [-0.39, 0.29) is 5.69 Å². The Bertz CT molecular complexity index is 555. The Morgan fingerprint density at radius 2 is 2.21 bits per heavy atom. The number of halogens is 1. The maximum Gasteiger partial charge on any atom is 0.270 e. The van der Waals surface area contributed by atoms with Crippen molar-refractivity contribution >= 4 is 21.6 Å². The maximum atomic E-state index is 10.6. The van der Waals surface area contributed by atoms with Gasteiger partial charge in [0, 0.05) is 36.1 Å². The number of nitro groups is 1. The van der Waals surface area contributed by atoms with Crippen LogP contribution in [0.1, 0.15) is 11.3 Å². The number of non-ortho nitro benzene ring substituents is 1. The second-order valence-corrected chi connectivity index (χ2v) is 4.89. The molecule has 0 spiro atoms. The maximum absolute atomic E-state index is 10.6. The summed E-state index contributed by atoms with van der Waals surface area (Å²) < 4.78 is 5.97. The minimum Gasteiger partial charge on any atom is -0.469 e. The molecule has 2 rings (SSSR count). The van der Waals surface area contributed by atoms with Crippen LogP contribution in [0.5, 0.6) is 0 Å². The van der Waals surface area contributed by atoms with E-state index in [1.165, 1.54) is 12.1 Å². The van der Waals surface area contributed by atoms with Crippen LogP contribution < -0.4 is 5.32 Å². The molecule has 100 valence electrons. The van der Waals surface area contributed by atoms with Crippen molar-refractivity contribution in [3.63, 3.8) is 0 Å². The average molecular weight is 325 g/mol. The summed E-state index contributed by atoms with van der Waals surface area (Å²) in [6.07, 6.45) is 2.47. The van der Waals surface area contributed by atoms with Crippen LogP contribution >= 0.6 is 15.9 Å². The van der Waals surface area contributed by atoms with Gasteiger partial charge in [0.05, 0.1) is 11.2 Å². The summed E-state index contributed by atoms with van der Waals surface area (Å²) in [6.45, 7) is 1.44. The lowest BCUT2D eigenvalue weighted by Gasteiger charge is -2.06. The van der Waals surface area contributed by atoms with E-state index in [1.807, 2.05) is 12.1 Å². The molecular weight excluding hydrogens is 312 g/mol. The summed E-state index contributed by atoms with van der Waals surface area (Å²) in [5, 5.41) is 13.9. The monoisotopic (exact) mass is 324 g/mol. The number of benzene rings is 1. The number of nitrogens with one attached hydrogen (secondary N) is 1. The lowest BCUT2D eigenvalue weighted by molar-refractivity contribution is -0.384. The average Bonchev–Trinajstić information content (AvgIpc) is 2.89. The van der Waals surface area contributed by atoms with Crippen molar-refractivity contribution in [1.82, 2.24) is 5.32 Å². The Labute approximate surface area is 118 Å². The molecule has 0 bridgehead atoms. The number of hydrogen-bond acceptors (Lipinski definition) is 4. The molecule has 0 unspecified atom stereocenters. The van der Waals surface area contributed by atoms with Crippen LogP contribution in [0.25, 0.3) is 0 Å². The molecule has 0 aliphatic heterocycles. The van der Waals surface area contributed by atoms with E-state index in [0.717, 1.165) is 28.8 Å². The van der Waals surface area contributed by atoms with Crippen LogP contribution in [0.4, 0.5) is 5.69 Å².